The average Bonchev–Trinajstić information content (AvgIpc) is 2.89. The Hall–Kier alpha value is -0.120. The zero-order valence-corrected chi connectivity index (χ0v) is 11.1. The monoisotopic (exact) mass is 241 g/mol. The molecule has 0 radical (unpaired) electrons. The standard InChI is InChI=1S/C14H27NO2/c1-17-14-8-4-7-13(11-14)15(9-10-16)12-5-2-3-6-12/h12-14,16H,2-11H2,1H3. The van der Waals surface area contributed by atoms with Gasteiger partial charge < -0.3 is 9.84 Å². The van der Waals surface area contributed by atoms with Gasteiger partial charge in [-0.25, -0.2) is 0 Å². The minimum Gasteiger partial charge on any atom is -0.395 e. The zero-order chi connectivity index (χ0) is 12.1. The van der Waals surface area contributed by atoms with Gasteiger partial charge in [0.2, 0.25) is 0 Å². The fraction of sp³-hybridized carbons (Fsp3) is 1.00. The van der Waals surface area contributed by atoms with Gasteiger partial charge in [-0.1, -0.05) is 12.8 Å². The number of rotatable bonds is 5. The Morgan fingerprint density at radius 3 is 2.41 bits per heavy atom. The molecule has 2 atom stereocenters. The first kappa shape index (κ1) is 13.3. The summed E-state index contributed by atoms with van der Waals surface area (Å²) in [7, 11) is 1.83. The van der Waals surface area contributed by atoms with Crippen molar-refractivity contribution < 1.29 is 9.84 Å². The van der Waals surface area contributed by atoms with Crippen LogP contribution in [0.3, 0.4) is 0 Å². The molecule has 0 spiro atoms. The summed E-state index contributed by atoms with van der Waals surface area (Å²) in [6.07, 6.45) is 10.8. The lowest BCUT2D eigenvalue weighted by atomic mass is 9.90. The van der Waals surface area contributed by atoms with Crippen molar-refractivity contribution >= 4 is 0 Å². The van der Waals surface area contributed by atoms with E-state index in [0.29, 0.717) is 18.8 Å². The molecule has 0 bridgehead atoms. The highest BCUT2D eigenvalue weighted by Gasteiger charge is 2.31. The third-order valence-electron chi connectivity index (χ3n) is 4.55. The largest absolute Gasteiger partial charge is 0.395 e. The molecule has 2 saturated carbocycles. The van der Waals surface area contributed by atoms with Crippen molar-refractivity contribution in [2.24, 2.45) is 0 Å². The highest BCUT2D eigenvalue weighted by atomic mass is 16.5. The van der Waals surface area contributed by atoms with Crippen LogP contribution in [0.5, 0.6) is 0 Å². The first-order valence-corrected chi connectivity index (χ1v) is 7.24. The molecule has 0 aromatic rings. The van der Waals surface area contributed by atoms with Crippen LogP contribution in [0.25, 0.3) is 0 Å². The number of aliphatic hydroxyl groups excluding tert-OH is 1. The van der Waals surface area contributed by atoms with Crippen LogP contribution in [0.2, 0.25) is 0 Å². The molecule has 3 heteroatoms. The number of hydrogen-bond acceptors (Lipinski definition) is 3. The minimum atomic E-state index is 0.296. The van der Waals surface area contributed by atoms with Crippen molar-refractivity contribution in [3.8, 4) is 0 Å². The molecule has 2 rings (SSSR count). The third-order valence-corrected chi connectivity index (χ3v) is 4.55. The third kappa shape index (κ3) is 3.43. The second kappa shape index (κ2) is 6.72. The smallest absolute Gasteiger partial charge is 0.0586 e. The summed E-state index contributed by atoms with van der Waals surface area (Å²) in [6, 6.07) is 1.37. The van der Waals surface area contributed by atoms with E-state index in [1.807, 2.05) is 7.11 Å². The molecular weight excluding hydrogens is 214 g/mol. The fourth-order valence-electron chi connectivity index (χ4n) is 3.65. The molecule has 0 aromatic carbocycles. The summed E-state index contributed by atoms with van der Waals surface area (Å²) in [5.41, 5.74) is 0. The summed E-state index contributed by atoms with van der Waals surface area (Å²) in [5, 5.41) is 9.28. The molecule has 2 aliphatic rings. The van der Waals surface area contributed by atoms with Crippen LogP contribution >= 0.6 is 0 Å². The molecule has 3 nitrogen and oxygen atoms in total. The van der Waals surface area contributed by atoms with Crippen LogP contribution in [0.4, 0.5) is 0 Å². The molecule has 0 amide bonds. The van der Waals surface area contributed by atoms with Gasteiger partial charge in [0, 0.05) is 25.7 Å². The van der Waals surface area contributed by atoms with Gasteiger partial charge in [0.05, 0.1) is 12.7 Å². The maximum atomic E-state index is 9.28. The van der Waals surface area contributed by atoms with E-state index in [9.17, 15) is 5.11 Å². The number of hydrogen-bond donors (Lipinski definition) is 1. The van der Waals surface area contributed by atoms with Crippen LogP contribution in [-0.4, -0.2) is 48.5 Å². The lowest BCUT2D eigenvalue weighted by Gasteiger charge is -2.40. The van der Waals surface area contributed by atoms with E-state index in [1.165, 1.54) is 44.9 Å². The molecule has 17 heavy (non-hydrogen) atoms. The molecule has 0 aliphatic heterocycles. The first-order chi connectivity index (χ1) is 8.35. The summed E-state index contributed by atoms with van der Waals surface area (Å²) < 4.78 is 5.52. The van der Waals surface area contributed by atoms with E-state index in [-0.39, 0.29) is 0 Å². The van der Waals surface area contributed by atoms with Crippen molar-refractivity contribution in [2.75, 3.05) is 20.3 Å². The molecule has 2 unspecified atom stereocenters. The molecule has 100 valence electrons. The molecule has 0 aromatic heterocycles. The summed E-state index contributed by atoms with van der Waals surface area (Å²) >= 11 is 0. The van der Waals surface area contributed by atoms with Crippen molar-refractivity contribution in [2.45, 2.75) is 69.6 Å². The van der Waals surface area contributed by atoms with E-state index in [2.05, 4.69) is 4.90 Å². The average molecular weight is 241 g/mol. The number of nitrogens with zero attached hydrogens (tertiary/aromatic N) is 1. The SMILES string of the molecule is COC1CCCC(N(CCO)C2CCCC2)C1. The quantitative estimate of drug-likeness (QED) is 0.801. The predicted octanol–water partition coefficient (Wildman–Crippen LogP) is 2.18. The van der Waals surface area contributed by atoms with Gasteiger partial charge in [0.1, 0.15) is 0 Å². The Morgan fingerprint density at radius 2 is 1.76 bits per heavy atom. The second-order valence-corrected chi connectivity index (χ2v) is 5.58. The first-order valence-electron chi connectivity index (χ1n) is 7.24. The number of aliphatic hydroxyl groups is 1. The molecule has 2 fully saturated rings. The Kier molecular flexibility index (Phi) is 5.26. The van der Waals surface area contributed by atoms with E-state index in [0.717, 1.165) is 19.0 Å². The van der Waals surface area contributed by atoms with Crippen molar-refractivity contribution in [3.63, 3.8) is 0 Å². The van der Waals surface area contributed by atoms with Crippen LogP contribution in [-0.2, 0) is 4.74 Å². The van der Waals surface area contributed by atoms with Crippen LogP contribution in [0.15, 0.2) is 0 Å². The molecule has 2 aliphatic carbocycles. The summed E-state index contributed by atoms with van der Waals surface area (Å²) in [4.78, 5) is 2.58. The van der Waals surface area contributed by atoms with Gasteiger partial charge in [0.15, 0.2) is 0 Å². The fourth-order valence-corrected chi connectivity index (χ4v) is 3.65. The topological polar surface area (TPSA) is 32.7 Å². The highest BCUT2D eigenvalue weighted by Crippen LogP contribution is 2.31. The predicted molar refractivity (Wildman–Crippen MR) is 69.1 cm³/mol. The van der Waals surface area contributed by atoms with Gasteiger partial charge >= 0.3 is 0 Å². The molecule has 0 saturated heterocycles. The second-order valence-electron chi connectivity index (χ2n) is 5.58. The van der Waals surface area contributed by atoms with Crippen LogP contribution in [0, 0.1) is 0 Å². The normalized spacial score (nSPS) is 31.2. The van der Waals surface area contributed by atoms with E-state index in [1.54, 1.807) is 0 Å². The van der Waals surface area contributed by atoms with Crippen LogP contribution < -0.4 is 0 Å². The lowest BCUT2D eigenvalue weighted by Crippen LogP contribution is -2.46. The van der Waals surface area contributed by atoms with Gasteiger partial charge in [-0.3, -0.25) is 4.90 Å². The Morgan fingerprint density at radius 1 is 1.06 bits per heavy atom. The van der Waals surface area contributed by atoms with Gasteiger partial charge in [0.25, 0.3) is 0 Å². The molecule has 1 N–H and O–H groups in total. The van der Waals surface area contributed by atoms with Crippen molar-refractivity contribution in [1.82, 2.24) is 4.90 Å². The summed E-state index contributed by atoms with van der Waals surface area (Å²) in [6.45, 7) is 1.15. The number of methoxy groups -OCH3 is 1. The zero-order valence-electron chi connectivity index (χ0n) is 11.1. The number of ether oxygens (including phenoxy) is 1. The van der Waals surface area contributed by atoms with E-state index >= 15 is 0 Å². The summed E-state index contributed by atoms with van der Waals surface area (Å²) in [5.74, 6) is 0. The van der Waals surface area contributed by atoms with Gasteiger partial charge in [-0.2, -0.15) is 0 Å². The van der Waals surface area contributed by atoms with E-state index in [4.69, 9.17) is 4.74 Å². The Balaban J connectivity index is 1.93. The van der Waals surface area contributed by atoms with E-state index < -0.39 is 0 Å². The van der Waals surface area contributed by atoms with Gasteiger partial charge in [-0.15, -0.1) is 0 Å². The van der Waals surface area contributed by atoms with Crippen LogP contribution in [0.1, 0.15) is 51.4 Å². The maximum absolute atomic E-state index is 9.28. The Bertz CT molecular complexity index is 216. The van der Waals surface area contributed by atoms with Crippen molar-refractivity contribution in [1.29, 1.82) is 0 Å². The maximum Gasteiger partial charge on any atom is 0.0586 e. The lowest BCUT2D eigenvalue weighted by molar-refractivity contribution is 0.00902. The van der Waals surface area contributed by atoms with Crippen molar-refractivity contribution in [3.05, 3.63) is 0 Å². The Labute approximate surface area is 105 Å². The molecular formula is C14H27NO2. The van der Waals surface area contributed by atoms with Gasteiger partial charge in [-0.05, 0) is 38.5 Å². The minimum absolute atomic E-state index is 0.296. The molecule has 0 heterocycles. The highest BCUT2D eigenvalue weighted by molar-refractivity contribution is 4.87.